The van der Waals surface area contributed by atoms with Crippen LogP contribution in [0.5, 0.6) is 0 Å². The van der Waals surface area contributed by atoms with Crippen LogP contribution in [0.3, 0.4) is 0 Å². The van der Waals surface area contributed by atoms with Gasteiger partial charge < -0.3 is 5.32 Å². The van der Waals surface area contributed by atoms with E-state index in [1.165, 1.54) is 11.1 Å². The molecule has 2 nitrogen and oxygen atoms in total. The van der Waals surface area contributed by atoms with Gasteiger partial charge in [-0.15, -0.1) is 0 Å². The zero-order valence-corrected chi connectivity index (χ0v) is 11.8. The molecule has 0 saturated heterocycles. The molecule has 0 saturated carbocycles. The molecule has 0 bridgehead atoms. The van der Waals surface area contributed by atoms with E-state index >= 15 is 0 Å². The SMILES string of the molecule is O=C1Nc2ccccc2[C@]12Cc1ccc(Br)cc1C2. The topological polar surface area (TPSA) is 29.1 Å². The molecule has 0 unspecified atom stereocenters. The normalized spacial score (nSPS) is 23.3. The van der Waals surface area contributed by atoms with Crippen molar-refractivity contribution in [3.05, 3.63) is 63.6 Å². The number of carbonyl (C=O) groups is 1. The second-order valence-electron chi connectivity index (χ2n) is 5.35. The molecule has 1 aliphatic heterocycles. The molecule has 3 heteroatoms. The van der Waals surface area contributed by atoms with Gasteiger partial charge in [0, 0.05) is 10.2 Å². The highest BCUT2D eigenvalue weighted by atomic mass is 79.9. The number of hydrogen-bond donors (Lipinski definition) is 1. The minimum atomic E-state index is -0.389. The van der Waals surface area contributed by atoms with Crippen molar-refractivity contribution in [2.24, 2.45) is 0 Å². The Morgan fingerprint density at radius 1 is 1.05 bits per heavy atom. The van der Waals surface area contributed by atoms with Crippen LogP contribution in [0.25, 0.3) is 0 Å². The molecule has 2 aromatic rings. The Morgan fingerprint density at radius 3 is 2.74 bits per heavy atom. The average molecular weight is 314 g/mol. The quantitative estimate of drug-likeness (QED) is 0.793. The number of carbonyl (C=O) groups excluding carboxylic acids is 1. The number of nitrogens with one attached hydrogen (secondary N) is 1. The zero-order valence-electron chi connectivity index (χ0n) is 10.2. The van der Waals surface area contributed by atoms with Gasteiger partial charge in [0.15, 0.2) is 0 Å². The fourth-order valence-electron chi connectivity index (χ4n) is 3.37. The number of amides is 1. The average Bonchev–Trinajstić information content (AvgIpc) is 2.90. The van der Waals surface area contributed by atoms with Crippen LogP contribution in [0.2, 0.25) is 0 Å². The van der Waals surface area contributed by atoms with Gasteiger partial charge in [0.1, 0.15) is 0 Å². The summed E-state index contributed by atoms with van der Waals surface area (Å²) >= 11 is 3.51. The summed E-state index contributed by atoms with van der Waals surface area (Å²) < 4.78 is 1.08. The van der Waals surface area contributed by atoms with Crippen LogP contribution in [-0.2, 0) is 23.1 Å². The van der Waals surface area contributed by atoms with Gasteiger partial charge in [-0.1, -0.05) is 40.2 Å². The predicted molar refractivity (Wildman–Crippen MR) is 78.3 cm³/mol. The summed E-state index contributed by atoms with van der Waals surface area (Å²) in [6, 6.07) is 14.4. The number of fused-ring (bicyclic) bond motifs is 3. The van der Waals surface area contributed by atoms with Crippen LogP contribution < -0.4 is 5.32 Å². The van der Waals surface area contributed by atoms with E-state index in [1.807, 2.05) is 18.2 Å². The first-order valence-electron chi connectivity index (χ1n) is 6.37. The molecule has 19 heavy (non-hydrogen) atoms. The van der Waals surface area contributed by atoms with Crippen molar-refractivity contribution in [2.45, 2.75) is 18.3 Å². The van der Waals surface area contributed by atoms with Gasteiger partial charge in [0.2, 0.25) is 5.91 Å². The number of hydrogen-bond acceptors (Lipinski definition) is 1. The van der Waals surface area contributed by atoms with Crippen LogP contribution in [0.15, 0.2) is 46.9 Å². The number of anilines is 1. The van der Waals surface area contributed by atoms with Crippen molar-refractivity contribution >= 4 is 27.5 Å². The Balaban J connectivity index is 1.88. The van der Waals surface area contributed by atoms with Gasteiger partial charge in [-0.25, -0.2) is 0 Å². The third-order valence-electron chi connectivity index (χ3n) is 4.28. The van der Waals surface area contributed by atoms with Gasteiger partial charge in [-0.05, 0) is 47.7 Å². The summed E-state index contributed by atoms with van der Waals surface area (Å²) in [6.45, 7) is 0. The van der Waals surface area contributed by atoms with E-state index in [9.17, 15) is 4.79 Å². The molecule has 4 rings (SSSR count). The maximum absolute atomic E-state index is 12.5. The standard InChI is InChI=1S/C16H12BrNO/c17-12-6-5-10-8-16(9-11(10)7-12)13-3-1-2-4-14(13)18-15(16)19/h1-7H,8-9H2,(H,18,19)/t16-/m1/s1. The first kappa shape index (κ1) is 11.2. The van der Waals surface area contributed by atoms with Crippen molar-refractivity contribution in [3.63, 3.8) is 0 Å². The molecule has 2 aliphatic rings. The van der Waals surface area contributed by atoms with Gasteiger partial charge in [-0.3, -0.25) is 4.79 Å². The molecule has 94 valence electrons. The second kappa shape index (κ2) is 3.70. The van der Waals surface area contributed by atoms with E-state index in [4.69, 9.17) is 0 Å². The Labute approximate surface area is 120 Å². The summed E-state index contributed by atoms with van der Waals surface area (Å²) in [6.07, 6.45) is 1.60. The molecule has 1 amide bonds. The van der Waals surface area contributed by atoms with Crippen LogP contribution in [0.4, 0.5) is 5.69 Å². The lowest BCUT2D eigenvalue weighted by atomic mass is 9.79. The molecule has 1 aliphatic carbocycles. The fourth-order valence-corrected chi connectivity index (χ4v) is 3.78. The smallest absolute Gasteiger partial charge is 0.235 e. The van der Waals surface area contributed by atoms with Crippen LogP contribution >= 0.6 is 15.9 Å². The van der Waals surface area contributed by atoms with Gasteiger partial charge in [-0.2, -0.15) is 0 Å². The van der Waals surface area contributed by atoms with E-state index < -0.39 is 0 Å². The molecular weight excluding hydrogens is 302 g/mol. The van der Waals surface area contributed by atoms with Crippen molar-refractivity contribution in [2.75, 3.05) is 5.32 Å². The monoisotopic (exact) mass is 313 g/mol. The molecular formula is C16H12BrNO. The van der Waals surface area contributed by atoms with E-state index in [1.54, 1.807) is 0 Å². The Hall–Kier alpha value is -1.61. The van der Waals surface area contributed by atoms with Crippen molar-refractivity contribution in [1.29, 1.82) is 0 Å². The van der Waals surface area contributed by atoms with Crippen LogP contribution in [0, 0.1) is 0 Å². The lowest BCUT2D eigenvalue weighted by Crippen LogP contribution is -2.35. The van der Waals surface area contributed by atoms with E-state index in [0.29, 0.717) is 0 Å². The lowest BCUT2D eigenvalue weighted by Gasteiger charge is -2.20. The maximum Gasteiger partial charge on any atom is 0.235 e. The van der Waals surface area contributed by atoms with Gasteiger partial charge in [0.25, 0.3) is 0 Å². The van der Waals surface area contributed by atoms with Crippen LogP contribution in [-0.4, -0.2) is 5.91 Å². The highest BCUT2D eigenvalue weighted by Crippen LogP contribution is 2.47. The number of rotatable bonds is 0. The molecule has 2 aromatic carbocycles. The summed E-state index contributed by atoms with van der Waals surface area (Å²) in [5.74, 6) is 0.140. The second-order valence-corrected chi connectivity index (χ2v) is 6.26. The first-order chi connectivity index (χ1) is 9.19. The molecule has 1 heterocycles. The van der Waals surface area contributed by atoms with E-state index in [-0.39, 0.29) is 11.3 Å². The highest BCUT2D eigenvalue weighted by Gasteiger charge is 2.50. The predicted octanol–water partition coefficient (Wildman–Crippen LogP) is 3.44. The molecule has 0 radical (unpaired) electrons. The minimum Gasteiger partial charge on any atom is -0.325 e. The van der Waals surface area contributed by atoms with E-state index in [2.05, 4.69) is 45.5 Å². The van der Waals surface area contributed by atoms with Gasteiger partial charge >= 0.3 is 0 Å². The largest absolute Gasteiger partial charge is 0.325 e. The Kier molecular flexibility index (Phi) is 2.19. The lowest BCUT2D eigenvalue weighted by molar-refractivity contribution is -0.120. The number of halogens is 1. The first-order valence-corrected chi connectivity index (χ1v) is 7.17. The molecule has 1 N–H and O–H groups in total. The fraction of sp³-hybridized carbons (Fsp3) is 0.188. The van der Waals surface area contributed by atoms with Gasteiger partial charge in [0.05, 0.1) is 5.41 Å². The summed E-state index contributed by atoms with van der Waals surface area (Å²) in [5, 5.41) is 3.03. The van der Waals surface area contributed by atoms with Crippen molar-refractivity contribution < 1.29 is 4.79 Å². The summed E-state index contributed by atoms with van der Waals surface area (Å²) in [5.41, 5.74) is 4.29. The summed E-state index contributed by atoms with van der Waals surface area (Å²) in [4.78, 5) is 12.5. The highest BCUT2D eigenvalue weighted by molar-refractivity contribution is 9.10. The minimum absolute atomic E-state index is 0.140. The Bertz CT molecular complexity index is 710. The van der Waals surface area contributed by atoms with E-state index in [0.717, 1.165) is 28.6 Å². The third kappa shape index (κ3) is 1.45. The molecule has 0 fully saturated rings. The Morgan fingerprint density at radius 2 is 1.84 bits per heavy atom. The number of benzene rings is 2. The van der Waals surface area contributed by atoms with Crippen LogP contribution in [0.1, 0.15) is 16.7 Å². The van der Waals surface area contributed by atoms with Crippen molar-refractivity contribution in [3.8, 4) is 0 Å². The third-order valence-corrected chi connectivity index (χ3v) is 4.77. The summed E-state index contributed by atoms with van der Waals surface area (Å²) in [7, 11) is 0. The molecule has 0 aromatic heterocycles. The molecule has 1 atom stereocenters. The molecule has 1 spiro atoms. The number of para-hydroxylation sites is 1. The maximum atomic E-state index is 12.5. The zero-order chi connectivity index (χ0) is 13.0. The van der Waals surface area contributed by atoms with Crippen molar-refractivity contribution in [1.82, 2.24) is 0 Å².